The fraction of sp³-hybridized carbons (Fsp3) is 0.429. The van der Waals surface area contributed by atoms with E-state index >= 15 is 0 Å². The summed E-state index contributed by atoms with van der Waals surface area (Å²) in [5.74, 6) is 2.36. The van der Waals surface area contributed by atoms with Crippen LogP contribution >= 0.6 is 11.8 Å². The molecule has 2 aliphatic heterocycles. The summed E-state index contributed by atoms with van der Waals surface area (Å²) in [6.45, 7) is 6.41. The van der Waals surface area contributed by atoms with Gasteiger partial charge in [-0.25, -0.2) is 0 Å². The van der Waals surface area contributed by atoms with Gasteiger partial charge < -0.3 is 19.7 Å². The summed E-state index contributed by atoms with van der Waals surface area (Å²) in [6.07, 6.45) is 9.72. The molecule has 2 N–H and O–H groups in total. The Kier molecular flexibility index (Phi) is 6.79. The zero-order chi connectivity index (χ0) is 23.7. The lowest BCUT2D eigenvalue weighted by Crippen LogP contribution is -2.38. The number of fused-ring (bicyclic) bond motifs is 1. The second-order valence-corrected chi connectivity index (χ2v) is 10.8. The molecule has 0 saturated carbocycles. The number of phenols is 2. The van der Waals surface area contributed by atoms with Gasteiger partial charge in [-0.15, -0.1) is 11.8 Å². The van der Waals surface area contributed by atoms with Gasteiger partial charge in [0.2, 0.25) is 0 Å². The van der Waals surface area contributed by atoms with Crippen LogP contribution in [0.25, 0.3) is 0 Å². The van der Waals surface area contributed by atoms with Gasteiger partial charge in [-0.1, -0.05) is 18.2 Å². The van der Waals surface area contributed by atoms with E-state index in [4.69, 9.17) is 9.47 Å². The maximum Gasteiger partial charge on any atom is 0.133 e. The van der Waals surface area contributed by atoms with Crippen molar-refractivity contribution in [3.05, 3.63) is 72.0 Å². The highest BCUT2D eigenvalue weighted by Gasteiger charge is 2.37. The summed E-state index contributed by atoms with van der Waals surface area (Å²) in [6, 6.07) is 13.7. The second kappa shape index (κ2) is 9.96. The molecule has 0 spiro atoms. The summed E-state index contributed by atoms with van der Waals surface area (Å²) < 4.78 is 12.7. The topological polar surface area (TPSA) is 62.2 Å². The van der Waals surface area contributed by atoms with E-state index in [0.29, 0.717) is 18.7 Å². The highest BCUT2D eigenvalue weighted by Crippen LogP contribution is 2.51. The lowest BCUT2D eigenvalue weighted by molar-refractivity contribution is 0.104. The fourth-order valence-corrected chi connectivity index (χ4v) is 6.63. The van der Waals surface area contributed by atoms with Crippen molar-refractivity contribution in [2.75, 3.05) is 13.2 Å². The Balaban J connectivity index is 1.29. The maximum atomic E-state index is 10.1. The van der Waals surface area contributed by atoms with Crippen molar-refractivity contribution >= 4 is 11.8 Å². The van der Waals surface area contributed by atoms with E-state index < -0.39 is 0 Å². The zero-order valence-electron chi connectivity index (χ0n) is 19.8. The number of allylic oxidation sites excluding steroid dienone is 2. The van der Waals surface area contributed by atoms with Crippen LogP contribution in [-0.4, -0.2) is 46.5 Å². The Morgan fingerprint density at radius 2 is 2.03 bits per heavy atom. The molecule has 1 aliphatic carbocycles. The molecule has 2 aromatic rings. The van der Waals surface area contributed by atoms with Crippen LogP contribution in [0.2, 0.25) is 0 Å². The molecule has 3 aliphatic rings. The first-order valence-electron chi connectivity index (χ1n) is 12.2. The Labute approximate surface area is 206 Å². The van der Waals surface area contributed by atoms with Crippen LogP contribution in [0.15, 0.2) is 71.3 Å². The molecule has 2 heterocycles. The van der Waals surface area contributed by atoms with Crippen molar-refractivity contribution in [2.45, 2.75) is 61.4 Å². The van der Waals surface area contributed by atoms with E-state index in [-0.39, 0.29) is 28.8 Å². The number of likely N-dealkylation sites (tertiary alicyclic amines) is 1. The van der Waals surface area contributed by atoms with Crippen molar-refractivity contribution in [2.24, 2.45) is 5.92 Å². The van der Waals surface area contributed by atoms with Gasteiger partial charge in [0, 0.05) is 18.0 Å². The molecule has 2 aromatic carbocycles. The first-order chi connectivity index (χ1) is 16.5. The van der Waals surface area contributed by atoms with Gasteiger partial charge in [-0.3, -0.25) is 4.90 Å². The molecule has 0 aromatic heterocycles. The molecule has 6 heteroatoms. The molecule has 5 atom stereocenters. The van der Waals surface area contributed by atoms with Gasteiger partial charge in [0.25, 0.3) is 0 Å². The van der Waals surface area contributed by atoms with Crippen molar-refractivity contribution in [1.29, 1.82) is 0 Å². The average molecular weight is 480 g/mol. The molecule has 180 valence electrons. The Hall–Kier alpha value is -2.57. The van der Waals surface area contributed by atoms with Gasteiger partial charge in [0.05, 0.1) is 10.1 Å². The minimum atomic E-state index is -0.109. The summed E-state index contributed by atoms with van der Waals surface area (Å²) >= 11 is 1.68. The summed E-state index contributed by atoms with van der Waals surface area (Å²) in [7, 11) is 0. The molecular formula is C28H33NO4S. The third-order valence-electron chi connectivity index (χ3n) is 7.12. The number of nitrogens with zero attached hydrogens (tertiary/aromatic N) is 1. The van der Waals surface area contributed by atoms with Crippen LogP contribution in [0.5, 0.6) is 17.2 Å². The standard InChI is InChI=1S/C28H33NO4S/c1-18-5-4-14-29(18)19(2)17-32-24-11-8-20(9-12-24)27-28(21-6-3-7-22(30)15-21)34-26-16-23(31)10-13-25(26)33-27/h3,6-8,10-13,15-16,18-20,27-28,30-31H,4-5,9,14,17H2,1-2H3/t18-,19+,20?,27+,28-/m1/s1. The Morgan fingerprint density at radius 1 is 1.18 bits per heavy atom. The monoisotopic (exact) mass is 479 g/mol. The molecule has 1 fully saturated rings. The quantitative estimate of drug-likeness (QED) is 0.527. The van der Waals surface area contributed by atoms with Crippen LogP contribution in [0.1, 0.15) is 43.9 Å². The number of hydrogen-bond donors (Lipinski definition) is 2. The first kappa shape index (κ1) is 23.2. The lowest BCUT2D eigenvalue weighted by Gasteiger charge is -2.37. The van der Waals surface area contributed by atoms with Crippen molar-refractivity contribution in [3.63, 3.8) is 0 Å². The van der Waals surface area contributed by atoms with Crippen molar-refractivity contribution in [3.8, 4) is 17.2 Å². The maximum absolute atomic E-state index is 10.1. The van der Waals surface area contributed by atoms with Gasteiger partial charge in [0.15, 0.2) is 0 Å². The van der Waals surface area contributed by atoms with E-state index in [1.165, 1.54) is 12.8 Å². The molecule has 0 radical (unpaired) electrons. The van der Waals surface area contributed by atoms with Gasteiger partial charge >= 0.3 is 0 Å². The van der Waals surface area contributed by atoms with Crippen LogP contribution in [0.3, 0.4) is 0 Å². The highest BCUT2D eigenvalue weighted by atomic mass is 32.2. The van der Waals surface area contributed by atoms with Crippen LogP contribution in [0.4, 0.5) is 0 Å². The Morgan fingerprint density at radius 3 is 2.76 bits per heavy atom. The minimum absolute atomic E-state index is 0.0106. The van der Waals surface area contributed by atoms with E-state index in [2.05, 4.69) is 37.0 Å². The number of aromatic hydroxyl groups is 2. The van der Waals surface area contributed by atoms with Crippen molar-refractivity contribution < 1.29 is 19.7 Å². The minimum Gasteiger partial charge on any atom is -0.508 e. The average Bonchev–Trinajstić information content (AvgIpc) is 3.28. The number of ether oxygens (including phenoxy) is 2. The van der Waals surface area contributed by atoms with Gasteiger partial charge in [-0.2, -0.15) is 0 Å². The summed E-state index contributed by atoms with van der Waals surface area (Å²) in [5, 5.41) is 20.0. The normalized spacial score (nSPS) is 27.5. The summed E-state index contributed by atoms with van der Waals surface area (Å²) in [4.78, 5) is 3.45. The molecule has 0 bridgehead atoms. The number of rotatable bonds is 6. The Bertz CT molecular complexity index is 1080. The number of phenolic OH excluding ortho intramolecular Hbond substituents is 2. The second-order valence-electron chi connectivity index (χ2n) is 9.60. The van der Waals surface area contributed by atoms with Crippen LogP contribution in [0, 0.1) is 5.92 Å². The predicted octanol–water partition coefficient (Wildman–Crippen LogP) is 6.04. The molecule has 1 saturated heterocycles. The third-order valence-corrected chi connectivity index (χ3v) is 8.49. The fourth-order valence-electron chi connectivity index (χ4n) is 5.26. The highest BCUT2D eigenvalue weighted by molar-refractivity contribution is 7.99. The third kappa shape index (κ3) is 4.93. The molecule has 5 rings (SSSR count). The first-order valence-corrected chi connectivity index (χ1v) is 13.1. The molecule has 34 heavy (non-hydrogen) atoms. The van der Waals surface area contributed by atoms with E-state index in [1.807, 2.05) is 18.2 Å². The van der Waals surface area contributed by atoms with E-state index in [1.54, 1.807) is 36.0 Å². The summed E-state index contributed by atoms with van der Waals surface area (Å²) in [5.41, 5.74) is 1.01. The molecule has 0 amide bonds. The number of hydrogen-bond acceptors (Lipinski definition) is 6. The van der Waals surface area contributed by atoms with Crippen molar-refractivity contribution in [1.82, 2.24) is 4.90 Å². The van der Waals surface area contributed by atoms with Gasteiger partial charge in [0.1, 0.15) is 35.7 Å². The molecule has 5 nitrogen and oxygen atoms in total. The predicted molar refractivity (Wildman–Crippen MR) is 135 cm³/mol. The van der Waals surface area contributed by atoms with Crippen LogP contribution < -0.4 is 4.74 Å². The zero-order valence-corrected chi connectivity index (χ0v) is 20.6. The molecular weight excluding hydrogens is 446 g/mol. The van der Waals surface area contributed by atoms with E-state index in [9.17, 15) is 10.2 Å². The van der Waals surface area contributed by atoms with E-state index in [0.717, 1.165) is 34.9 Å². The smallest absolute Gasteiger partial charge is 0.133 e. The lowest BCUT2D eigenvalue weighted by atomic mass is 9.89. The SMILES string of the molecule is C[C@@H]1CCCN1[C@@H](C)COC1=CCC([C@@H]2Oc3ccc(O)cc3S[C@@H]2c2cccc(O)c2)C=C1. The number of benzene rings is 2. The molecule has 1 unspecified atom stereocenters. The van der Waals surface area contributed by atoms with Crippen LogP contribution in [-0.2, 0) is 4.74 Å². The number of thioether (sulfide) groups is 1. The largest absolute Gasteiger partial charge is 0.508 e. The van der Waals surface area contributed by atoms with Gasteiger partial charge in [-0.05, 0) is 87.7 Å².